The zero-order valence-electron chi connectivity index (χ0n) is 11.8. The molecule has 0 spiro atoms. The van der Waals surface area contributed by atoms with Gasteiger partial charge in [0.15, 0.2) is 0 Å². The number of amides is 1. The fourth-order valence-electron chi connectivity index (χ4n) is 1.52. The van der Waals surface area contributed by atoms with Crippen LogP contribution in [0.4, 0.5) is 5.82 Å². The Balaban J connectivity index is 2.81. The zero-order valence-corrected chi connectivity index (χ0v) is 12.6. The van der Waals surface area contributed by atoms with Crippen molar-refractivity contribution in [2.75, 3.05) is 18.4 Å². The van der Waals surface area contributed by atoms with Crippen molar-refractivity contribution in [3.8, 4) is 0 Å². The molecule has 112 valence electrons. The van der Waals surface area contributed by atoms with E-state index in [4.69, 9.17) is 0 Å². The van der Waals surface area contributed by atoms with Gasteiger partial charge in [0.1, 0.15) is 10.7 Å². The second-order valence-corrected chi connectivity index (χ2v) is 6.16. The first-order valence-corrected chi connectivity index (χ1v) is 7.83. The quantitative estimate of drug-likeness (QED) is 0.673. The van der Waals surface area contributed by atoms with E-state index in [1.54, 1.807) is 13.8 Å². The van der Waals surface area contributed by atoms with E-state index >= 15 is 0 Å². The number of aromatic nitrogens is 1. The van der Waals surface area contributed by atoms with Gasteiger partial charge in [-0.2, -0.15) is 0 Å². The van der Waals surface area contributed by atoms with Gasteiger partial charge < -0.3 is 10.6 Å². The molecular weight excluding hydrogens is 280 g/mol. The van der Waals surface area contributed by atoms with Gasteiger partial charge in [-0.1, -0.05) is 0 Å². The van der Waals surface area contributed by atoms with Crippen LogP contribution in [0.1, 0.15) is 20.8 Å². The summed E-state index contributed by atoms with van der Waals surface area (Å²) in [5.74, 6) is -0.107. The Labute approximate surface area is 119 Å². The third kappa shape index (κ3) is 4.78. The smallest absolute Gasteiger partial charge is 0.244 e. The molecule has 0 bridgehead atoms. The number of nitrogens with one attached hydrogen (secondary N) is 3. The second-order valence-electron chi connectivity index (χ2n) is 4.43. The van der Waals surface area contributed by atoms with Crippen LogP contribution in [0.2, 0.25) is 0 Å². The van der Waals surface area contributed by atoms with Crippen LogP contribution in [0.3, 0.4) is 0 Å². The first-order valence-electron chi connectivity index (χ1n) is 6.34. The highest BCUT2D eigenvalue weighted by Crippen LogP contribution is 2.17. The Hall–Kier alpha value is -1.67. The molecule has 0 aliphatic heterocycles. The Morgan fingerprint density at radius 1 is 1.40 bits per heavy atom. The summed E-state index contributed by atoms with van der Waals surface area (Å²) in [5.41, 5.74) is 0. The SMILES string of the molecule is CCNc1ncccc1S(=O)(=O)NCC(=O)NC(C)C. The number of carbonyl (C=O) groups is 1. The minimum atomic E-state index is -3.78. The highest BCUT2D eigenvalue weighted by atomic mass is 32.2. The summed E-state index contributed by atoms with van der Waals surface area (Å²) in [5, 5.41) is 5.48. The number of pyridine rings is 1. The average molecular weight is 300 g/mol. The van der Waals surface area contributed by atoms with Crippen molar-refractivity contribution in [2.24, 2.45) is 0 Å². The Kier molecular flexibility index (Phi) is 5.90. The van der Waals surface area contributed by atoms with Crippen molar-refractivity contribution < 1.29 is 13.2 Å². The van der Waals surface area contributed by atoms with Crippen molar-refractivity contribution in [1.82, 2.24) is 15.0 Å². The summed E-state index contributed by atoms with van der Waals surface area (Å²) in [7, 11) is -3.78. The van der Waals surface area contributed by atoms with E-state index in [1.807, 2.05) is 6.92 Å². The second kappa shape index (κ2) is 7.20. The highest BCUT2D eigenvalue weighted by molar-refractivity contribution is 7.89. The minimum absolute atomic E-state index is 0.0270. The van der Waals surface area contributed by atoms with Crippen LogP contribution >= 0.6 is 0 Å². The van der Waals surface area contributed by atoms with E-state index in [9.17, 15) is 13.2 Å². The van der Waals surface area contributed by atoms with Crippen LogP contribution in [0.5, 0.6) is 0 Å². The topological polar surface area (TPSA) is 100 Å². The molecule has 1 heterocycles. The summed E-state index contributed by atoms with van der Waals surface area (Å²) < 4.78 is 26.6. The molecule has 0 aliphatic rings. The first-order chi connectivity index (χ1) is 9.36. The highest BCUT2D eigenvalue weighted by Gasteiger charge is 2.20. The number of carbonyl (C=O) groups excluding carboxylic acids is 1. The van der Waals surface area contributed by atoms with Crippen molar-refractivity contribution in [2.45, 2.75) is 31.7 Å². The molecule has 7 nitrogen and oxygen atoms in total. The first kappa shape index (κ1) is 16.4. The van der Waals surface area contributed by atoms with Gasteiger partial charge in [0, 0.05) is 18.8 Å². The van der Waals surface area contributed by atoms with Gasteiger partial charge in [-0.05, 0) is 32.9 Å². The lowest BCUT2D eigenvalue weighted by Gasteiger charge is -2.12. The van der Waals surface area contributed by atoms with Crippen LogP contribution in [0.25, 0.3) is 0 Å². The largest absolute Gasteiger partial charge is 0.369 e. The molecule has 0 radical (unpaired) electrons. The normalized spacial score (nSPS) is 11.4. The number of hydrogen-bond acceptors (Lipinski definition) is 5. The lowest BCUT2D eigenvalue weighted by atomic mass is 10.4. The fraction of sp³-hybridized carbons (Fsp3) is 0.500. The Bertz CT molecular complexity index is 558. The zero-order chi connectivity index (χ0) is 15.2. The van der Waals surface area contributed by atoms with Gasteiger partial charge >= 0.3 is 0 Å². The van der Waals surface area contributed by atoms with Crippen LogP contribution in [-0.4, -0.2) is 38.4 Å². The molecular formula is C12H20N4O3S. The molecule has 0 aromatic carbocycles. The average Bonchev–Trinajstić information content (AvgIpc) is 2.37. The number of sulfonamides is 1. The van der Waals surface area contributed by atoms with Crippen molar-refractivity contribution in [1.29, 1.82) is 0 Å². The lowest BCUT2D eigenvalue weighted by Crippen LogP contribution is -2.39. The molecule has 20 heavy (non-hydrogen) atoms. The van der Waals surface area contributed by atoms with Gasteiger partial charge in [0.2, 0.25) is 15.9 Å². The molecule has 8 heteroatoms. The summed E-state index contributed by atoms with van der Waals surface area (Å²) in [6.45, 7) is 5.69. The summed E-state index contributed by atoms with van der Waals surface area (Å²) in [6, 6.07) is 2.93. The third-order valence-corrected chi connectivity index (χ3v) is 3.71. The molecule has 0 saturated carbocycles. The molecule has 0 atom stereocenters. The molecule has 1 aromatic rings. The summed E-state index contributed by atoms with van der Waals surface area (Å²) in [6.07, 6.45) is 1.50. The standard InChI is InChI=1S/C12H20N4O3S/c1-4-13-12-10(6-5-7-14-12)20(18,19)15-8-11(17)16-9(2)3/h5-7,9,15H,4,8H2,1-3H3,(H,13,14)(H,16,17). The van der Waals surface area contributed by atoms with Crippen LogP contribution in [-0.2, 0) is 14.8 Å². The number of nitrogens with zero attached hydrogens (tertiary/aromatic N) is 1. The summed E-state index contributed by atoms with van der Waals surface area (Å²) >= 11 is 0. The molecule has 1 rings (SSSR count). The van der Waals surface area contributed by atoms with E-state index in [0.717, 1.165) is 0 Å². The van der Waals surface area contributed by atoms with Gasteiger partial charge in [0.25, 0.3) is 0 Å². The van der Waals surface area contributed by atoms with Crippen LogP contribution < -0.4 is 15.4 Å². The van der Waals surface area contributed by atoms with Crippen molar-refractivity contribution in [3.05, 3.63) is 18.3 Å². The number of anilines is 1. The molecule has 0 saturated heterocycles. The summed E-state index contributed by atoms with van der Waals surface area (Å²) in [4.78, 5) is 15.5. The van der Waals surface area contributed by atoms with Crippen molar-refractivity contribution >= 4 is 21.7 Å². The van der Waals surface area contributed by atoms with Gasteiger partial charge in [-0.25, -0.2) is 18.1 Å². The predicted octanol–water partition coefficient (Wildman–Crippen LogP) is 0.316. The lowest BCUT2D eigenvalue weighted by molar-refractivity contribution is -0.120. The Morgan fingerprint density at radius 3 is 2.70 bits per heavy atom. The Morgan fingerprint density at radius 2 is 2.10 bits per heavy atom. The van der Waals surface area contributed by atoms with E-state index in [-0.39, 0.29) is 29.2 Å². The molecule has 1 aromatic heterocycles. The van der Waals surface area contributed by atoms with Crippen LogP contribution in [0.15, 0.2) is 23.2 Å². The maximum absolute atomic E-state index is 12.1. The van der Waals surface area contributed by atoms with Gasteiger partial charge in [-0.3, -0.25) is 4.79 Å². The molecule has 1 amide bonds. The monoisotopic (exact) mass is 300 g/mol. The number of hydrogen-bond donors (Lipinski definition) is 3. The van der Waals surface area contributed by atoms with E-state index in [1.165, 1.54) is 18.3 Å². The maximum Gasteiger partial charge on any atom is 0.244 e. The van der Waals surface area contributed by atoms with E-state index in [2.05, 4.69) is 20.3 Å². The molecule has 0 fully saturated rings. The molecule has 0 aliphatic carbocycles. The van der Waals surface area contributed by atoms with E-state index in [0.29, 0.717) is 6.54 Å². The third-order valence-electron chi connectivity index (χ3n) is 2.28. The van der Waals surface area contributed by atoms with Gasteiger partial charge in [0.05, 0.1) is 6.54 Å². The maximum atomic E-state index is 12.1. The van der Waals surface area contributed by atoms with Crippen molar-refractivity contribution in [3.63, 3.8) is 0 Å². The van der Waals surface area contributed by atoms with Gasteiger partial charge in [-0.15, -0.1) is 0 Å². The number of rotatable bonds is 7. The molecule has 3 N–H and O–H groups in total. The fourth-order valence-corrected chi connectivity index (χ4v) is 2.63. The minimum Gasteiger partial charge on any atom is -0.369 e. The predicted molar refractivity (Wildman–Crippen MR) is 76.9 cm³/mol. The molecule has 0 unspecified atom stereocenters. The van der Waals surface area contributed by atoms with E-state index < -0.39 is 10.0 Å². The van der Waals surface area contributed by atoms with Crippen LogP contribution in [0, 0.1) is 0 Å².